The highest BCUT2D eigenvalue weighted by Gasteiger charge is 2.31. The number of anilines is 1. The summed E-state index contributed by atoms with van der Waals surface area (Å²) in [5.41, 5.74) is 0.0432. The molecule has 8 heteroatoms. The first kappa shape index (κ1) is 17.7. The normalized spacial score (nSPS) is 10.8. The maximum atomic E-state index is 13.3. The van der Waals surface area contributed by atoms with Crippen molar-refractivity contribution in [2.75, 3.05) is 5.32 Å². The van der Waals surface area contributed by atoms with Gasteiger partial charge in [-0.15, -0.1) is 0 Å². The number of nitrogens with one attached hydrogen (secondary N) is 2. The lowest BCUT2D eigenvalue weighted by Crippen LogP contribution is -2.28. The van der Waals surface area contributed by atoms with E-state index in [0.717, 1.165) is 12.1 Å². The van der Waals surface area contributed by atoms with Crippen molar-refractivity contribution in [3.63, 3.8) is 0 Å². The molecule has 0 heterocycles. The number of nitrogens with zero attached hydrogens (tertiary/aromatic N) is 1. The molecular formula is C16H11F4N3S. The van der Waals surface area contributed by atoms with E-state index in [-0.39, 0.29) is 17.2 Å². The molecule has 0 spiro atoms. The average Bonchev–Trinajstić information content (AvgIpc) is 2.52. The Kier molecular flexibility index (Phi) is 5.36. The van der Waals surface area contributed by atoms with Crippen LogP contribution in [0, 0.1) is 17.1 Å². The van der Waals surface area contributed by atoms with Crippen molar-refractivity contribution in [1.82, 2.24) is 5.32 Å². The molecule has 0 amide bonds. The van der Waals surface area contributed by atoms with Crippen molar-refractivity contribution in [3.8, 4) is 6.07 Å². The SMILES string of the molecule is N#Cc1cccc(NC(=S)NCc2cc(F)cc(C(F)(F)F)c2)c1. The Hall–Kier alpha value is -2.66. The summed E-state index contributed by atoms with van der Waals surface area (Å²) in [5.74, 6) is -0.970. The number of nitriles is 1. The van der Waals surface area contributed by atoms with Gasteiger partial charge in [-0.3, -0.25) is 0 Å². The van der Waals surface area contributed by atoms with Gasteiger partial charge >= 0.3 is 6.18 Å². The third-order valence-electron chi connectivity index (χ3n) is 2.99. The van der Waals surface area contributed by atoms with E-state index in [9.17, 15) is 17.6 Å². The second-order valence-electron chi connectivity index (χ2n) is 4.85. The molecule has 0 saturated carbocycles. The lowest BCUT2D eigenvalue weighted by atomic mass is 10.1. The molecule has 0 fully saturated rings. The molecule has 3 nitrogen and oxygen atoms in total. The van der Waals surface area contributed by atoms with Gasteiger partial charge in [-0.1, -0.05) is 6.07 Å². The molecule has 0 radical (unpaired) electrons. The molecule has 0 saturated heterocycles. The highest BCUT2D eigenvalue weighted by molar-refractivity contribution is 7.80. The largest absolute Gasteiger partial charge is 0.416 e. The molecule has 0 bridgehead atoms. The Labute approximate surface area is 140 Å². The van der Waals surface area contributed by atoms with Crippen molar-refractivity contribution < 1.29 is 17.6 Å². The van der Waals surface area contributed by atoms with Crippen LogP contribution in [0.25, 0.3) is 0 Å². The molecule has 0 aliphatic carbocycles. The van der Waals surface area contributed by atoms with E-state index in [0.29, 0.717) is 17.3 Å². The molecular weight excluding hydrogens is 342 g/mol. The van der Waals surface area contributed by atoms with Crippen LogP contribution in [0.5, 0.6) is 0 Å². The van der Waals surface area contributed by atoms with Gasteiger partial charge in [0.1, 0.15) is 5.82 Å². The lowest BCUT2D eigenvalue weighted by molar-refractivity contribution is -0.137. The van der Waals surface area contributed by atoms with E-state index < -0.39 is 17.6 Å². The first-order valence-corrected chi connectivity index (χ1v) is 7.10. The number of rotatable bonds is 3. The molecule has 2 rings (SSSR count). The fourth-order valence-electron chi connectivity index (χ4n) is 1.94. The smallest absolute Gasteiger partial charge is 0.358 e. The molecule has 124 valence electrons. The van der Waals surface area contributed by atoms with Crippen LogP contribution in [-0.4, -0.2) is 5.11 Å². The van der Waals surface area contributed by atoms with Gasteiger partial charge in [0.15, 0.2) is 5.11 Å². The monoisotopic (exact) mass is 353 g/mol. The van der Waals surface area contributed by atoms with Gasteiger partial charge < -0.3 is 10.6 Å². The first-order chi connectivity index (χ1) is 11.3. The molecule has 2 aromatic rings. The highest BCUT2D eigenvalue weighted by Crippen LogP contribution is 2.30. The van der Waals surface area contributed by atoms with Gasteiger partial charge in [0.05, 0.1) is 17.2 Å². The summed E-state index contributed by atoms with van der Waals surface area (Å²) in [6, 6.07) is 10.8. The summed E-state index contributed by atoms with van der Waals surface area (Å²) in [6.07, 6.45) is -4.62. The van der Waals surface area contributed by atoms with Crippen LogP contribution >= 0.6 is 12.2 Å². The highest BCUT2D eigenvalue weighted by atomic mass is 32.1. The van der Waals surface area contributed by atoms with Crippen molar-refractivity contribution in [2.45, 2.75) is 12.7 Å². The zero-order valence-corrected chi connectivity index (χ0v) is 12.9. The van der Waals surface area contributed by atoms with E-state index in [4.69, 9.17) is 17.5 Å². The molecule has 0 aliphatic heterocycles. The van der Waals surface area contributed by atoms with Crippen LogP contribution < -0.4 is 10.6 Å². The van der Waals surface area contributed by atoms with Crippen LogP contribution in [0.2, 0.25) is 0 Å². The Morgan fingerprint density at radius 1 is 1.17 bits per heavy atom. The quantitative estimate of drug-likeness (QED) is 0.641. The maximum absolute atomic E-state index is 13.3. The molecule has 2 aromatic carbocycles. The molecule has 0 atom stereocenters. The molecule has 24 heavy (non-hydrogen) atoms. The van der Waals surface area contributed by atoms with Gasteiger partial charge in [0.25, 0.3) is 0 Å². The Balaban J connectivity index is 2.01. The maximum Gasteiger partial charge on any atom is 0.416 e. The van der Waals surface area contributed by atoms with Crippen LogP contribution in [-0.2, 0) is 12.7 Å². The molecule has 2 N–H and O–H groups in total. The van der Waals surface area contributed by atoms with Crippen LogP contribution in [0.4, 0.5) is 23.2 Å². The fraction of sp³-hybridized carbons (Fsp3) is 0.125. The van der Waals surface area contributed by atoms with E-state index in [1.165, 1.54) is 0 Å². The van der Waals surface area contributed by atoms with Crippen molar-refractivity contribution in [1.29, 1.82) is 5.26 Å². The Morgan fingerprint density at radius 2 is 1.92 bits per heavy atom. The first-order valence-electron chi connectivity index (χ1n) is 6.69. The van der Waals surface area contributed by atoms with Crippen LogP contribution in [0.15, 0.2) is 42.5 Å². The average molecular weight is 353 g/mol. The predicted molar refractivity (Wildman–Crippen MR) is 85.6 cm³/mol. The predicted octanol–water partition coefficient (Wildman–Crippen LogP) is 4.20. The van der Waals surface area contributed by atoms with Gasteiger partial charge in [-0.25, -0.2) is 4.39 Å². The Bertz CT molecular complexity index is 797. The second kappa shape index (κ2) is 7.27. The second-order valence-corrected chi connectivity index (χ2v) is 5.25. The Morgan fingerprint density at radius 3 is 2.58 bits per heavy atom. The number of alkyl halides is 3. The lowest BCUT2D eigenvalue weighted by Gasteiger charge is -2.13. The summed E-state index contributed by atoms with van der Waals surface area (Å²) in [4.78, 5) is 0. The van der Waals surface area contributed by atoms with Gasteiger partial charge in [-0.05, 0) is 54.2 Å². The number of halogens is 4. The number of hydrogen-bond acceptors (Lipinski definition) is 2. The van der Waals surface area contributed by atoms with Gasteiger partial charge in [-0.2, -0.15) is 18.4 Å². The minimum Gasteiger partial charge on any atom is -0.358 e. The third kappa shape index (κ3) is 4.93. The topological polar surface area (TPSA) is 47.9 Å². The molecule has 0 unspecified atom stereocenters. The zero-order chi connectivity index (χ0) is 17.7. The van der Waals surface area contributed by atoms with E-state index in [2.05, 4.69) is 10.6 Å². The summed E-state index contributed by atoms with van der Waals surface area (Å²) >= 11 is 5.03. The van der Waals surface area contributed by atoms with Gasteiger partial charge in [0, 0.05) is 12.2 Å². The van der Waals surface area contributed by atoms with Gasteiger partial charge in [0.2, 0.25) is 0 Å². The number of hydrogen-bond donors (Lipinski definition) is 2. The molecule has 0 aromatic heterocycles. The van der Waals surface area contributed by atoms with Crippen LogP contribution in [0.3, 0.4) is 0 Å². The van der Waals surface area contributed by atoms with Crippen molar-refractivity contribution in [3.05, 3.63) is 65.0 Å². The zero-order valence-electron chi connectivity index (χ0n) is 12.1. The van der Waals surface area contributed by atoms with Crippen molar-refractivity contribution in [2.24, 2.45) is 0 Å². The minimum absolute atomic E-state index is 0.0788. The van der Waals surface area contributed by atoms with E-state index in [1.807, 2.05) is 6.07 Å². The number of benzene rings is 2. The van der Waals surface area contributed by atoms with Crippen LogP contribution in [0.1, 0.15) is 16.7 Å². The van der Waals surface area contributed by atoms with E-state index >= 15 is 0 Å². The summed E-state index contributed by atoms with van der Waals surface area (Å²) in [5, 5.41) is 14.4. The third-order valence-corrected chi connectivity index (χ3v) is 3.23. The summed E-state index contributed by atoms with van der Waals surface area (Å²) in [6.45, 7) is -0.0788. The summed E-state index contributed by atoms with van der Waals surface area (Å²) < 4.78 is 51.3. The standard InChI is InChI=1S/C16H11F4N3S/c17-13-5-11(4-12(7-13)16(18,19)20)9-22-15(24)23-14-3-1-2-10(6-14)8-21/h1-7H,9H2,(H2,22,23,24). The fourth-order valence-corrected chi connectivity index (χ4v) is 2.13. The molecule has 0 aliphatic rings. The van der Waals surface area contributed by atoms with Crippen molar-refractivity contribution >= 4 is 23.0 Å². The number of thiocarbonyl (C=S) groups is 1. The summed E-state index contributed by atoms with van der Waals surface area (Å²) in [7, 11) is 0. The minimum atomic E-state index is -4.62. The van der Waals surface area contributed by atoms with E-state index in [1.54, 1.807) is 24.3 Å².